The van der Waals surface area contributed by atoms with E-state index in [0.29, 0.717) is 25.1 Å². The van der Waals surface area contributed by atoms with E-state index in [1.54, 1.807) is 11.0 Å². The van der Waals surface area contributed by atoms with Gasteiger partial charge in [-0.1, -0.05) is 36.4 Å². The van der Waals surface area contributed by atoms with Crippen LogP contribution in [0.1, 0.15) is 27.0 Å². The van der Waals surface area contributed by atoms with Gasteiger partial charge in [-0.15, -0.1) is 0 Å². The van der Waals surface area contributed by atoms with Crippen molar-refractivity contribution in [3.63, 3.8) is 0 Å². The molecule has 0 aromatic heterocycles. The van der Waals surface area contributed by atoms with Gasteiger partial charge in [0.25, 0.3) is 0 Å². The Morgan fingerprint density at radius 3 is 2.61 bits per heavy atom. The summed E-state index contributed by atoms with van der Waals surface area (Å²) in [6, 6.07) is 14.9. The average molecular weight is 310 g/mol. The highest BCUT2D eigenvalue weighted by Crippen LogP contribution is 2.21. The minimum absolute atomic E-state index is 0.268. The first kappa shape index (κ1) is 15.1. The molecule has 0 aliphatic carbocycles. The van der Waals surface area contributed by atoms with Crippen LogP contribution < -0.4 is 5.73 Å². The molecule has 2 aromatic carbocycles. The third kappa shape index (κ3) is 3.51. The molecule has 5 nitrogen and oxygen atoms in total. The van der Waals surface area contributed by atoms with Gasteiger partial charge in [0.2, 0.25) is 5.91 Å². The van der Waals surface area contributed by atoms with E-state index < -0.39 is 5.91 Å². The Hall–Kier alpha value is -2.82. The number of amides is 2. The molecule has 0 atom stereocenters. The standard InChI is InChI=1S/C18H18N2O3/c19-17(21)15-6-7-16-11-20(9-8-14(16)10-15)18(22)23-12-13-4-2-1-3-5-13/h1-7,10H,8-9,11-12H2,(H2,19,21). The fourth-order valence-corrected chi connectivity index (χ4v) is 2.67. The molecule has 0 unspecified atom stereocenters. The number of ether oxygens (including phenoxy) is 1. The fourth-order valence-electron chi connectivity index (χ4n) is 2.67. The Labute approximate surface area is 134 Å². The van der Waals surface area contributed by atoms with Crippen LogP contribution in [-0.2, 0) is 24.3 Å². The highest BCUT2D eigenvalue weighted by Gasteiger charge is 2.22. The molecule has 0 bridgehead atoms. The molecule has 0 saturated heterocycles. The normalized spacial score (nSPS) is 13.3. The maximum Gasteiger partial charge on any atom is 0.410 e. The largest absolute Gasteiger partial charge is 0.445 e. The van der Waals surface area contributed by atoms with E-state index >= 15 is 0 Å². The van der Waals surface area contributed by atoms with Crippen LogP contribution in [0.2, 0.25) is 0 Å². The van der Waals surface area contributed by atoms with E-state index in [2.05, 4.69) is 0 Å². The zero-order chi connectivity index (χ0) is 16.2. The molecule has 2 N–H and O–H groups in total. The first-order valence-electron chi connectivity index (χ1n) is 7.51. The van der Waals surface area contributed by atoms with Crippen LogP contribution in [0.15, 0.2) is 48.5 Å². The second-order valence-corrected chi connectivity index (χ2v) is 5.56. The molecule has 118 valence electrons. The van der Waals surface area contributed by atoms with Crippen LogP contribution in [-0.4, -0.2) is 23.4 Å². The van der Waals surface area contributed by atoms with Crippen LogP contribution >= 0.6 is 0 Å². The van der Waals surface area contributed by atoms with Gasteiger partial charge < -0.3 is 15.4 Å². The molecule has 5 heteroatoms. The minimum Gasteiger partial charge on any atom is -0.445 e. The van der Waals surface area contributed by atoms with E-state index in [1.165, 1.54) is 0 Å². The monoisotopic (exact) mass is 310 g/mol. The molecular formula is C18H18N2O3. The number of rotatable bonds is 3. The molecule has 2 amide bonds. The number of carbonyl (C=O) groups excluding carboxylic acids is 2. The smallest absolute Gasteiger partial charge is 0.410 e. The van der Waals surface area contributed by atoms with Crippen LogP contribution in [0.3, 0.4) is 0 Å². The van der Waals surface area contributed by atoms with E-state index in [0.717, 1.165) is 16.7 Å². The van der Waals surface area contributed by atoms with Gasteiger partial charge in [0.1, 0.15) is 6.61 Å². The summed E-state index contributed by atoms with van der Waals surface area (Å²) in [5.41, 5.74) is 8.85. The van der Waals surface area contributed by atoms with Crippen LogP contribution in [0.25, 0.3) is 0 Å². The van der Waals surface area contributed by atoms with Crippen molar-refractivity contribution >= 4 is 12.0 Å². The second-order valence-electron chi connectivity index (χ2n) is 5.56. The molecule has 1 heterocycles. The van der Waals surface area contributed by atoms with Crippen molar-refractivity contribution in [1.29, 1.82) is 0 Å². The topological polar surface area (TPSA) is 72.6 Å². The van der Waals surface area contributed by atoms with Gasteiger partial charge in [-0.3, -0.25) is 4.79 Å². The highest BCUT2D eigenvalue weighted by atomic mass is 16.6. The zero-order valence-electron chi connectivity index (χ0n) is 12.7. The summed E-state index contributed by atoms with van der Waals surface area (Å²) in [4.78, 5) is 25.1. The first-order valence-corrected chi connectivity index (χ1v) is 7.51. The summed E-state index contributed by atoms with van der Waals surface area (Å²) >= 11 is 0. The van der Waals surface area contributed by atoms with Crippen molar-refractivity contribution < 1.29 is 14.3 Å². The Balaban J connectivity index is 1.62. The predicted octanol–water partition coefficient (Wildman–Crippen LogP) is 2.48. The molecule has 0 saturated carbocycles. The maximum absolute atomic E-state index is 12.2. The maximum atomic E-state index is 12.2. The number of benzene rings is 2. The zero-order valence-corrected chi connectivity index (χ0v) is 12.7. The lowest BCUT2D eigenvalue weighted by Gasteiger charge is -2.28. The molecule has 0 fully saturated rings. The Morgan fingerprint density at radius 2 is 1.87 bits per heavy atom. The lowest BCUT2D eigenvalue weighted by atomic mass is 9.97. The Morgan fingerprint density at radius 1 is 1.09 bits per heavy atom. The lowest BCUT2D eigenvalue weighted by Crippen LogP contribution is -2.36. The number of nitrogens with zero attached hydrogens (tertiary/aromatic N) is 1. The van der Waals surface area contributed by atoms with Gasteiger partial charge in [-0.2, -0.15) is 0 Å². The third-order valence-electron chi connectivity index (χ3n) is 3.97. The Kier molecular flexibility index (Phi) is 4.28. The number of carbonyl (C=O) groups is 2. The van der Waals surface area contributed by atoms with Crippen molar-refractivity contribution in [2.24, 2.45) is 5.73 Å². The molecule has 23 heavy (non-hydrogen) atoms. The molecule has 0 spiro atoms. The van der Waals surface area contributed by atoms with E-state index in [-0.39, 0.29) is 12.7 Å². The van der Waals surface area contributed by atoms with Crippen molar-refractivity contribution in [2.45, 2.75) is 19.6 Å². The molecule has 1 aliphatic rings. The first-order chi connectivity index (χ1) is 11.1. The third-order valence-corrected chi connectivity index (χ3v) is 3.97. The van der Waals surface area contributed by atoms with Gasteiger partial charge in [-0.05, 0) is 35.2 Å². The van der Waals surface area contributed by atoms with E-state index in [9.17, 15) is 9.59 Å². The van der Waals surface area contributed by atoms with Gasteiger partial charge in [0.05, 0.1) is 0 Å². The minimum atomic E-state index is -0.433. The van der Waals surface area contributed by atoms with Gasteiger partial charge in [-0.25, -0.2) is 4.79 Å². The summed E-state index contributed by atoms with van der Waals surface area (Å²) in [7, 11) is 0. The Bertz CT molecular complexity index is 728. The van der Waals surface area contributed by atoms with Crippen LogP contribution in [0.4, 0.5) is 4.79 Å². The summed E-state index contributed by atoms with van der Waals surface area (Å²) in [6.07, 6.45) is 0.371. The predicted molar refractivity (Wildman–Crippen MR) is 85.7 cm³/mol. The average Bonchev–Trinajstić information content (AvgIpc) is 2.59. The number of hydrogen-bond donors (Lipinski definition) is 1. The second kappa shape index (κ2) is 6.52. The number of primary amides is 1. The van der Waals surface area contributed by atoms with E-state index in [1.807, 2.05) is 42.5 Å². The number of nitrogens with two attached hydrogens (primary N) is 1. The summed E-state index contributed by atoms with van der Waals surface area (Å²) in [6.45, 7) is 1.33. The van der Waals surface area contributed by atoms with Crippen molar-refractivity contribution in [3.05, 3.63) is 70.8 Å². The van der Waals surface area contributed by atoms with Crippen molar-refractivity contribution in [2.75, 3.05) is 6.54 Å². The number of hydrogen-bond acceptors (Lipinski definition) is 3. The molecule has 1 aliphatic heterocycles. The summed E-state index contributed by atoms with van der Waals surface area (Å²) in [5.74, 6) is -0.433. The van der Waals surface area contributed by atoms with Gasteiger partial charge >= 0.3 is 6.09 Å². The van der Waals surface area contributed by atoms with Crippen molar-refractivity contribution in [3.8, 4) is 0 Å². The summed E-state index contributed by atoms with van der Waals surface area (Å²) < 4.78 is 5.36. The van der Waals surface area contributed by atoms with E-state index in [4.69, 9.17) is 10.5 Å². The molecular weight excluding hydrogens is 292 g/mol. The molecule has 0 radical (unpaired) electrons. The molecule has 3 rings (SSSR count). The van der Waals surface area contributed by atoms with Crippen LogP contribution in [0.5, 0.6) is 0 Å². The lowest BCUT2D eigenvalue weighted by molar-refractivity contribution is 0.0916. The molecule has 2 aromatic rings. The van der Waals surface area contributed by atoms with Gasteiger partial charge in [0, 0.05) is 18.7 Å². The summed E-state index contributed by atoms with van der Waals surface area (Å²) in [5, 5.41) is 0. The SMILES string of the molecule is NC(=O)c1ccc2c(c1)CCN(C(=O)OCc1ccccc1)C2. The quantitative estimate of drug-likeness (QED) is 0.946. The number of fused-ring (bicyclic) bond motifs is 1. The fraction of sp³-hybridized carbons (Fsp3) is 0.222. The highest BCUT2D eigenvalue weighted by molar-refractivity contribution is 5.93. The van der Waals surface area contributed by atoms with Crippen molar-refractivity contribution in [1.82, 2.24) is 4.90 Å². The van der Waals surface area contributed by atoms with Crippen LogP contribution in [0, 0.1) is 0 Å². The van der Waals surface area contributed by atoms with Gasteiger partial charge in [0.15, 0.2) is 0 Å².